The largest absolute Gasteiger partial charge is 0.444 e. The number of nitrogens with one attached hydrogen (secondary N) is 1. The highest BCUT2D eigenvalue weighted by molar-refractivity contribution is 5.87. The van der Waals surface area contributed by atoms with E-state index < -0.39 is 42.5 Å². The van der Waals surface area contributed by atoms with Gasteiger partial charge in [0, 0.05) is 6.42 Å². The van der Waals surface area contributed by atoms with Gasteiger partial charge in [-0.05, 0) is 26.7 Å². The SMILES string of the molecule is CC(C)[C@@H](NC(=O)OC(C)(C)C)C(=O)CCC(F)(F)F. The first-order valence-electron chi connectivity index (χ1n) is 6.41. The highest BCUT2D eigenvalue weighted by Crippen LogP contribution is 2.22. The topological polar surface area (TPSA) is 55.4 Å². The number of carbonyl (C=O) groups is 2. The molecule has 0 fully saturated rings. The van der Waals surface area contributed by atoms with E-state index in [9.17, 15) is 22.8 Å². The Labute approximate surface area is 117 Å². The van der Waals surface area contributed by atoms with Crippen molar-refractivity contribution in [3.63, 3.8) is 0 Å². The van der Waals surface area contributed by atoms with Gasteiger partial charge in [-0.3, -0.25) is 4.79 Å². The lowest BCUT2D eigenvalue weighted by Gasteiger charge is -2.25. The Bertz CT molecular complexity index is 346. The van der Waals surface area contributed by atoms with Gasteiger partial charge in [-0.1, -0.05) is 13.8 Å². The average molecular weight is 297 g/mol. The van der Waals surface area contributed by atoms with Crippen molar-refractivity contribution in [3.05, 3.63) is 0 Å². The van der Waals surface area contributed by atoms with Crippen molar-refractivity contribution in [2.24, 2.45) is 5.92 Å². The fourth-order valence-corrected chi connectivity index (χ4v) is 1.47. The summed E-state index contributed by atoms with van der Waals surface area (Å²) in [6, 6.07) is -0.979. The predicted octanol–water partition coefficient (Wildman–Crippen LogP) is 3.45. The first-order valence-corrected chi connectivity index (χ1v) is 6.41. The van der Waals surface area contributed by atoms with Crippen molar-refractivity contribution in [1.29, 1.82) is 0 Å². The number of hydrogen-bond acceptors (Lipinski definition) is 3. The summed E-state index contributed by atoms with van der Waals surface area (Å²) in [4.78, 5) is 23.3. The Morgan fingerprint density at radius 1 is 1.15 bits per heavy atom. The van der Waals surface area contributed by atoms with Crippen LogP contribution in [0.15, 0.2) is 0 Å². The molecule has 1 amide bonds. The smallest absolute Gasteiger partial charge is 0.408 e. The summed E-state index contributed by atoms with van der Waals surface area (Å²) in [5.74, 6) is -0.966. The number of alkyl halides is 3. The monoisotopic (exact) mass is 297 g/mol. The number of hydrogen-bond donors (Lipinski definition) is 1. The minimum absolute atomic E-state index is 0.316. The van der Waals surface area contributed by atoms with E-state index in [0.717, 1.165) is 0 Å². The Kier molecular flexibility index (Phi) is 6.50. The molecule has 0 aromatic rings. The van der Waals surface area contributed by atoms with Crippen molar-refractivity contribution in [2.45, 2.75) is 65.3 Å². The van der Waals surface area contributed by atoms with Gasteiger partial charge in [0.05, 0.1) is 12.5 Å². The number of ketones is 1. The minimum Gasteiger partial charge on any atom is -0.444 e. The molecule has 0 unspecified atom stereocenters. The zero-order valence-corrected chi connectivity index (χ0v) is 12.4. The van der Waals surface area contributed by atoms with Gasteiger partial charge in [0.15, 0.2) is 5.78 Å². The van der Waals surface area contributed by atoms with E-state index >= 15 is 0 Å². The lowest BCUT2D eigenvalue weighted by Crippen LogP contribution is -2.46. The molecule has 20 heavy (non-hydrogen) atoms. The first kappa shape index (κ1) is 18.7. The molecule has 4 nitrogen and oxygen atoms in total. The van der Waals surface area contributed by atoms with Crippen LogP contribution < -0.4 is 5.32 Å². The first-order chi connectivity index (χ1) is 8.82. The Balaban J connectivity index is 4.58. The summed E-state index contributed by atoms with van der Waals surface area (Å²) in [6.07, 6.45) is -7.03. The van der Waals surface area contributed by atoms with Crippen molar-refractivity contribution in [2.75, 3.05) is 0 Å². The molecule has 0 spiro atoms. The normalized spacial score (nSPS) is 14.1. The summed E-state index contributed by atoms with van der Waals surface area (Å²) in [6.45, 7) is 8.26. The molecular formula is C13H22F3NO3. The summed E-state index contributed by atoms with van der Waals surface area (Å²) in [5.41, 5.74) is -0.735. The lowest BCUT2D eigenvalue weighted by atomic mass is 9.97. The van der Waals surface area contributed by atoms with Gasteiger partial charge in [-0.15, -0.1) is 0 Å². The van der Waals surface area contributed by atoms with E-state index in [1.807, 2.05) is 0 Å². The third-order valence-corrected chi connectivity index (χ3v) is 2.34. The van der Waals surface area contributed by atoms with Crippen LogP contribution in [-0.4, -0.2) is 29.7 Å². The Hall–Kier alpha value is -1.27. The van der Waals surface area contributed by atoms with Crippen LogP contribution >= 0.6 is 0 Å². The summed E-state index contributed by atoms with van der Waals surface area (Å²) in [7, 11) is 0. The molecule has 1 atom stereocenters. The maximum Gasteiger partial charge on any atom is 0.408 e. The van der Waals surface area contributed by atoms with Gasteiger partial charge in [0.25, 0.3) is 0 Å². The molecule has 0 aliphatic carbocycles. The number of alkyl carbamates (subject to hydrolysis) is 1. The van der Waals surface area contributed by atoms with E-state index in [2.05, 4.69) is 5.32 Å². The number of carbonyl (C=O) groups excluding carboxylic acids is 2. The predicted molar refractivity (Wildman–Crippen MR) is 68.3 cm³/mol. The van der Waals surface area contributed by atoms with Gasteiger partial charge in [-0.2, -0.15) is 13.2 Å². The summed E-state index contributed by atoms with van der Waals surface area (Å²) < 4.78 is 41.3. The van der Waals surface area contributed by atoms with E-state index in [4.69, 9.17) is 4.74 Å². The fraction of sp³-hybridized carbons (Fsp3) is 0.846. The standard InChI is InChI=1S/C13H22F3NO3/c1-8(2)10(9(18)6-7-13(14,15)16)17-11(19)20-12(3,4)5/h8,10H,6-7H2,1-5H3,(H,17,19)/t10-/m1/s1. The van der Waals surface area contributed by atoms with Crippen molar-refractivity contribution >= 4 is 11.9 Å². The van der Waals surface area contributed by atoms with E-state index in [-0.39, 0.29) is 5.92 Å². The Morgan fingerprint density at radius 3 is 2.00 bits per heavy atom. The molecule has 0 aliphatic heterocycles. The van der Waals surface area contributed by atoms with Crippen LogP contribution in [0.1, 0.15) is 47.5 Å². The van der Waals surface area contributed by atoms with Crippen molar-refractivity contribution in [1.82, 2.24) is 5.32 Å². The number of ether oxygens (including phenoxy) is 1. The highest BCUT2D eigenvalue weighted by Gasteiger charge is 2.32. The van der Waals surface area contributed by atoms with Gasteiger partial charge in [-0.25, -0.2) is 4.79 Å². The lowest BCUT2D eigenvalue weighted by molar-refractivity contribution is -0.144. The number of Topliss-reactive ketones (excluding diaryl/α,β-unsaturated/α-hetero) is 1. The van der Waals surface area contributed by atoms with Gasteiger partial charge in [0.2, 0.25) is 0 Å². The Morgan fingerprint density at radius 2 is 1.65 bits per heavy atom. The quantitative estimate of drug-likeness (QED) is 0.845. The second kappa shape index (κ2) is 6.95. The summed E-state index contributed by atoms with van der Waals surface area (Å²) >= 11 is 0. The van der Waals surface area contributed by atoms with Crippen LogP contribution in [0.3, 0.4) is 0 Å². The molecule has 0 bridgehead atoms. The van der Waals surface area contributed by atoms with Gasteiger partial charge in [0.1, 0.15) is 5.60 Å². The van der Waals surface area contributed by atoms with Crippen LogP contribution in [0.5, 0.6) is 0 Å². The number of rotatable bonds is 5. The second-order valence-electron chi connectivity index (χ2n) is 5.95. The van der Waals surface area contributed by atoms with Crippen LogP contribution in [0, 0.1) is 5.92 Å². The third-order valence-electron chi connectivity index (χ3n) is 2.34. The average Bonchev–Trinajstić information content (AvgIpc) is 2.18. The molecular weight excluding hydrogens is 275 g/mol. The molecule has 0 saturated heterocycles. The van der Waals surface area contributed by atoms with Crippen LogP contribution in [0.25, 0.3) is 0 Å². The number of halogens is 3. The molecule has 0 heterocycles. The molecule has 0 radical (unpaired) electrons. The summed E-state index contributed by atoms with van der Waals surface area (Å²) in [5, 5.41) is 2.33. The van der Waals surface area contributed by atoms with Crippen molar-refractivity contribution in [3.8, 4) is 0 Å². The third kappa shape index (κ3) is 8.77. The zero-order chi connectivity index (χ0) is 16.1. The molecule has 0 aromatic heterocycles. The molecule has 1 N–H and O–H groups in total. The molecule has 0 aliphatic rings. The second-order valence-corrected chi connectivity index (χ2v) is 5.95. The van der Waals surface area contributed by atoms with E-state index in [0.29, 0.717) is 0 Å². The zero-order valence-electron chi connectivity index (χ0n) is 12.4. The van der Waals surface area contributed by atoms with Crippen molar-refractivity contribution < 1.29 is 27.5 Å². The minimum atomic E-state index is -4.39. The van der Waals surface area contributed by atoms with Crippen LogP contribution in [0.2, 0.25) is 0 Å². The molecule has 7 heteroatoms. The van der Waals surface area contributed by atoms with E-state index in [1.165, 1.54) is 0 Å². The van der Waals surface area contributed by atoms with Crippen LogP contribution in [-0.2, 0) is 9.53 Å². The number of amides is 1. The molecule has 0 rings (SSSR count). The molecule has 0 saturated carbocycles. The highest BCUT2D eigenvalue weighted by atomic mass is 19.4. The molecule has 0 aromatic carbocycles. The fourth-order valence-electron chi connectivity index (χ4n) is 1.47. The maximum atomic E-state index is 12.1. The van der Waals surface area contributed by atoms with E-state index in [1.54, 1.807) is 34.6 Å². The van der Waals surface area contributed by atoms with Gasteiger partial charge < -0.3 is 10.1 Å². The van der Waals surface area contributed by atoms with Gasteiger partial charge >= 0.3 is 12.3 Å². The molecule has 118 valence electrons. The van der Waals surface area contributed by atoms with Crippen LogP contribution in [0.4, 0.5) is 18.0 Å². The maximum absolute atomic E-state index is 12.1.